The number of rotatable bonds is 1. The Bertz CT molecular complexity index is 1900. The molecular weight excluding hydrogens is 414 g/mol. The largest absolute Gasteiger partial charge is 0.456 e. The van der Waals surface area contributed by atoms with E-state index in [1.165, 1.54) is 6.20 Å². The molecule has 1 aliphatic rings. The molecule has 0 amide bonds. The van der Waals surface area contributed by atoms with E-state index in [1.54, 1.807) is 0 Å². The smallest absolute Gasteiger partial charge is 0.136 e. The van der Waals surface area contributed by atoms with Gasteiger partial charge in [0.05, 0.1) is 5.52 Å². The van der Waals surface area contributed by atoms with Crippen molar-refractivity contribution in [1.82, 2.24) is 4.98 Å². The quantitative estimate of drug-likeness (QED) is 0.235. The lowest BCUT2D eigenvalue weighted by atomic mass is 9.70. The highest BCUT2D eigenvalue weighted by Gasteiger charge is 2.30. The van der Waals surface area contributed by atoms with Crippen LogP contribution in [0.5, 0.6) is 0 Å². The van der Waals surface area contributed by atoms with Gasteiger partial charge in [-0.3, -0.25) is 4.98 Å². The SMILES string of the molecule is [2H]C([2H])([2H])c1cnc2c3ccccc3c3cc4oc5ccccc5c4cc3c2c1C1([2H])CCC(C)(C)CC1. The van der Waals surface area contributed by atoms with Crippen LogP contribution in [0.15, 0.2) is 71.3 Å². The van der Waals surface area contributed by atoms with Gasteiger partial charge in [0.2, 0.25) is 0 Å². The number of furan rings is 1. The molecule has 6 aromatic rings. The van der Waals surface area contributed by atoms with Crippen LogP contribution in [-0.4, -0.2) is 4.98 Å². The van der Waals surface area contributed by atoms with Crippen molar-refractivity contribution >= 4 is 54.4 Å². The summed E-state index contributed by atoms with van der Waals surface area (Å²) in [6.45, 7) is 2.11. The van der Waals surface area contributed by atoms with Crippen LogP contribution < -0.4 is 0 Å². The average molecular weight is 448 g/mol. The maximum absolute atomic E-state index is 9.79. The summed E-state index contributed by atoms with van der Waals surface area (Å²) < 4.78 is 41.4. The summed E-state index contributed by atoms with van der Waals surface area (Å²) >= 11 is 0. The molecule has 7 rings (SSSR count). The summed E-state index contributed by atoms with van der Waals surface area (Å²) in [7, 11) is 0. The van der Waals surface area contributed by atoms with E-state index in [1.807, 2.05) is 36.4 Å². The highest BCUT2D eigenvalue weighted by atomic mass is 16.3. The number of aryl methyl sites for hydroxylation is 1. The Morgan fingerprint density at radius 1 is 0.853 bits per heavy atom. The molecule has 0 bridgehead atoms. The van der Waals surface area contributed by atoms with Gasteiger partial charge in [-0.25, -0.2) is 0 Å². The zero-order valence-corrected chi connectivity index (χ0v) is 19.5. The molecule has 2 aromatic heterocycles. The first-order chi connectivity index (χ1) is 18.1. The second-order valence-corrected chi connectivity index (χ2v) is 10.6. The minimum atomic E-state index is -2.37. The van der Waals surface area contributed by atoms with Crippen molar-refractivity contribution in [2.24, 2.45) is 5.41 Å². The van der Waals surface area contributed by atoms with Gasteiger partial charge < -0.3 is 4.42 Å². The van der Waals surface area contributed by atoms with E-state index in [0.717, 1.165) is 67.2 Å². The molecule has 0 atom stereocenters. The summed E-state index contributed by atoms with van der Waals surface area (Å²) in [6.07, 6.45) is 4.51. The second kappa shape index (κ2) is 7.06. The van der Waals surface area contributed by atoms with Gasteiger partial charge in [0.25, 0.3) is 0 Å². The third-order valence-corrected chi connectivity index (χ3v) is 7.90. The fraction of sp³-hybridized carbons (Fsp3) is 0.281. The van der Waals surface area contributed by atoms with Crippen molar-refractivity contribution in [3.05, 3.63) is 78.0 Å². The number of pyridine rings is 1. The van der Waals surface area contributed by atoms with E-state index in [2.05, 4.69) is 38.1 Å². The van der Waals surface area contributed by atoms with Gasteiger partial charge in [0, 0.05) is 33.2 Å². The standard InChI is InChI=1S/C32H29NO/c1-19-18-33-31-23-10-5-4-8-21(23)24-17-28-25(22-9-6-7-11-27(22)34-28)16-26(24)30(31)29(19)20-12-14-32(2,3)15-13-20/h4-11,16-18,20H,12-15H2,1-3H3/i1D3,20D. The van der Waals surface area contributed by atoms with Crippen molar-refractivity contribution in [3.63, 3.8) is 0 Å². The van der Waals surface area contributed by atoms with E-state index in [-0.39, 0.29) is 11.0 Å². The lowest BCUT2D eigenvalue weighted by molar-refractivity contribution is 0.225. The molecule has 1 saturated carbocycles. The number of nitrogens with zero attached hydrogens (tertiary/aromatic N) is 1. The fourth-order valence-corrected chi connectivity index (χ4v) is 5.95. The van der Waals surface area contributed by atoms with Crippen molar-refractivity contribution in [2.75, 3.05) is 0 Å². The Morgan fingerprint density at radius 3 is 2.38 bits per heavy atom. The first-order valence-corrected chi connectivity index (χ1v) is 12.2. The first-order valence-electron chi connectivity index (χ1n) is 14.2. The van der Waals surface area contributed by atoms with Gasteiger partial charge in [-0.05, 0) is 89.3 Å². The third kappa shape index (κ3) is 2.84. The number of hydrogen-bond donors (Lipinski definition) is 0. The number of benzene rings is 4. The fourth-order valence-electron chi connectivity index (χ4n) is 5.95. The van der Waals surface area contributed by atoms with E-state index >= 15 is 0 Å². The maximum Gasteiger partial charge on any atom is 0.136 e. The number of aromatic nitrogens is 1. The molecule has 2 heteroatoms. The number of para-hydroxylation sites is 1. The molecule has 0 N–H and O–H groups in total. The van der Waals surface area contributed by atoms with E-state index in [4.69, 9.17) is 13.5 Å². The summed E-state index contributed by atoms with van der Waals surface area (Å²) in [5.41, 5.74) is 3.35. The molecule has 0 spiro atoms. The maximum atomic E-state index is 9.79. The number of fused-ring (bicyclic) bond motifs is 9. The Hall–Kier alpha value is -3.39. The minimum Gasteiger partial charge on any atom is -0.456 e. The van der Waals surface area contributed by atoms with Crippen LogP contribution in [0.3, 0.4) is 0 Å². The van der Waals surface area contributed by atoms with Gasteiger partial charge in [-0.1, -0.05) is 56.3 Å². The van der Waals surface area contributed by atoms with E-state index in [9.17, 15) is 1.37 Å². The van der Waals surface area contributed by atoms with E-state index in [0.29, 0.717) is 18.4 Å². The zero-order valence-electron chi connectivity index (χ0n) is 23.5. The summed E-state index contributed by atoms with van der Waals surface area (Å²) in [5.74, 6) is -1.01. The van der Waals surface area contributed by atoms with Crippen LogP contribution in [0.4, 0.5) is 0 Å². The first kappa shape index (κ1) is 16.3. The third-order valence-electron chi connectivity index (χ3n) is 7.90. The van der Waals surface area contributed by atoms with Gasteiger partial charge >= 0.3 is 0 Å². The molecule has 168 valence electrons. The lowest BCUT2D eigenvalue weighted by Gasteiger charge is -2.35. The average Bonchev–Trinajstić information content (AvgIpc) is 3.26. The lowest BCUT2D eigenvalue weighted by Crippen LogP contribution is -2.21. The van der Waals surface area contributed by atoms with Crippen molar-refractivity contribution in [2.45, 2.75) is 52.3 Å². The monoisotopic (exact) mass is 447 g/mol. The van der Waals surface area contributed by atoms with Crippen LogP contribution in [0.2, 0.25) is 0 Å². The van der Waals surface area contributed by atoms with Crippen molar-refractivity contribution in [1.29, 1.82) is 0 Å². The normalized spacial score (nSPS) is 19.9. The van der Waals surface area contributed by atoms with Crippen molar-refractivity contribution in [3.8, 4) is 0 Å². The summed E-state index contributed by atoms with van der Waals surface area (Å²) in [4.78, 5) is 4.80. The van der Waals surface area contributed by atoms with Gasteiger partial charge in [0.15, 0.2) is 0 Å². The predicted octanol–water partition coefficient (Wildman–Crippen LogP) is 9.43. The second-order valence-electron chi connectivity index (χ2n) is 10.6. The molecular formula is C32H29NO. The molecule has 2 nitrogen and oxygen atoms in total. The Labute approximate surface area is 205 Å². The van der Waals surface area contributed by atoms with Crippen LogP contribution in [0.1, 0.15) is 62.0 Å². The molecule has 4 aromatic carbocycles. The van der Waals surface area contributed by atoms with E-state index < -0.39 is 12.7 Å². The molecule has 2 heterocycles. The zero-order chi connectivity index (χ0) is 26.4. The number of hydrogen-bond acceptors (Lipinski definition) is 2. The topological polar surface area (TPSA) is 26.0 Å². The minimum absolute atomic E-state index is 0.143. The van der Waals surface area contributed by atoms with Crippen LogP contribution in [-0.2, 0) is 0 Å². The molecule has 0 radical (unpaired) electrons. The molecule has 1 fully saturated rings. The Kier molecular flexibility index (Phi) is 3.38. The van der Waals surface area contributed by atoms with Gasteiger partial charge in [0.1, 0.15) is 11.2 Å². The summed E-state index contributed by atoms with van der Waals surface area (Å²) in [5, 5.41) is 6.73. The highest BCUT2D eigenvalue weighted by Crippen LogP contribution is 2.48. The molecule has 0 aliphatic heterocycles. The van der Waals surface area contributed by atoms with Crippen LogP contribution in [0, 0.1) is 12.3 Å². The Morgan fingerprint density at radius 2 is 1.59 bits per heavy atom. The van der Waals surface area contributed by atoms with Gasteiger partial charge in [-0.2, -0.15) is 0 Å². The molecule has 1 aliphatic carbocycles. The predicted molar refractivity (Wildman–Crippen MR) is 144 cm³/mol. The Balaban J connectivity index is 1.71. The molecule has 34 heavy (non-hydrogen) atoms. The molecule has 0 unspecified atom stereocenters. The van der Waals surface area contributed by atoms with Crippen molar-refractivity contribution < 1.29 is 9.90 Å². The van der Waals surface area contributed by atoms with Crippen LogP contribution in [0.25, 0.3) is 54.4 Å². The summed E-state index contributed by atoms with van der Waals surface area (Å²) in [6, 6.07) is 20.4. The molecule has 0 saturated heterocycles. The van der Waals surface area contributed by atoms with Crippen LogP contribution >= 0.6 is 0 Å². The highest BCUT2D eigenvalue weighted by molar-refractivity contribution is 6.28. The van der Waals surface area contributed by atoms with Gasteiger partial charge in [-0.15, -0.1) is 0 Å².